The number of nitrogens with zero attached hydrogens (tertiary/aromatic N) is 3. The number of ketones is 2. The van der Waals surface area contributed by atoms with E-state index in [-0.39, 0.29) is 11.6 Å². The molecule has 1 aliphatic carbocycles. The molecule has 0 amide bonds. The van der Waals surface area contributed by atoms with Gasteiger partial charge in [-0.3, -0.25) is 9.59 Å². The summed E-state index contributed by atoms with van der Waals surface area (Å²) in [6.07, 6.45) is 3.18. The van der Waals surface area contributed by atoms with Crippen molar-refractivity contribution in [2.75, 3.05) is 0 Å². The molecule has 0 unspecified atom stereocenters. The molecule has 21 heavy (non-hydrogen) atoms. The average molecular weight is 275 g/mol. The van der Waals surface area contributed by atoms with Crippen LogP contribution in [0.5, 0.6) is 0 Å². The van der Waals surface area contributed by atoms with Crippen LogP contribution in [0, 0.1) is 0 Å². The SMILES string of the molecule is O=C1c2ccccc2C(=O)c2c1cccc2-n1ccnn1. The number of hydrogen-bond donors (Lipinski definition) is 0. The van der Waals surface area contributed by atoms with Gasteiger partial charge in [-0.15, -0.1) is 5.10 Å². The van der Waals surface area contributed by atoms with Crippen molar-refractivity contribution in [3.63, 3.8) is 0 Å². The largest absolute Gasteiger partial charge is 0.289 e. The molecule has 5 heteroatoms. The van der Waals surface area contributed by atoms with Gasteiger partial charge in [-0.2, -0.15) is 0 Å². The van der Waals surface area contributed by atoms with Gasteiger partial charge in [-0.1, -0.05) is 41.6 Å². The Hall–Kier alpha value is -3.08. The molecule has 0 bridgehead atoms. The van der Waals surface area contributed by atoms with Gasteiger partial charge in [-0.05, 0) is 6.07 Å². The molecule has 0 fully saturated rings. The summed E-state index contributed by atoms with van der Waals surface area (Å²) in [4.78, 5) is 25.3. The molecular formula is C16H9N3O2. The molecule has 0 aliphatic heterocycles. The first-order valence-electron chi connectivity index (χ1n) is 6.45. The smallest absolute Gasteiger partial charge is 0.196 e. The average Bonchev–Trinajstić information content (AvgIpc) is 3.06. The molecule has 3 aromatic rings. The highest BCUT2D eigenvalue weighted by molar-refractivity contribution is 6.29. The second-order valence-electron chi connectivity index (χ2n) is 4.75. The summed E-state index contributed by atoms with van der Waals surface area (Å²) >= 11 is 0. The number of hydrogen-bond acceptors (Lipinski definition) is 4. The van der Waals surface area contributed by atoms with E-state index in [2.05, 4.69) is 10.3 Å². The summed E-state index contributed by atoms with van der Waals surface area (Å²) in [5.41, 5.74) is 2.24. The van der Waals surface area contributed by atoms with Crippen LogP contribution in [0.25, 0.3) is 5.69 Å². The molecule has 4 rings (SSSR count). The van der Waals surface area contributed by atoms with E-state index < -0.39 is 0 Å². The fraction of sp³-hybridized carbons (Fsp3) is 0. The summed E-state index contributed by atoms with van der Waals surface area (Å²) < 4.78 is 1.50. The molecule has 0 saturated carbocycles. The van der Waals surface area contributed by atoms with Crippen LogP contribution in [0.2, 0.25) is 0 Å². The van der Waals surface area contributed by atoms with E-state index in [0.29, 0.717) is 27.9 Å². The lowest BCUT2D eigenvalue weighted by molar-refractivity contribution is 0.0979. The molecule has 100 valence electrons. The van der Waals surface area contributed by atoms with Crippen LogP contribution in [-0.4, -0.2) is 26.6 Å². The highest BCUT2D eigenvalue weighted by Crippen LogP contribution is 2.30. The Morgan fingerprint density at radius 2 is 1.52 bits per heavy atom. The topological polar surface area (TPSA) is 64.8 Å². The first-order valence-corrected chi connectivity index (χ1v) is 6.45. The Morgan fingerprint density at radius 3 is 2.24 bits per heavy atom. The Labute approximate surface area is 119 Å². The number of carbonyl (C=O) groups excluding carboxylic acids is 2. The fourth-order valence-electron chi connectivity index (χ4n) is 2.65. The van der Waals surface area contributed by atoms with Crippen LogP contribution in [0.4, 0.5) is 0 Å². The zero-order chi connectivity index (χ0) is 14.4. The van der Waals surface area contributed by atoms with E-state index in [0.717, 1.165) is 0 Å². The highest BCUT2D eigenvalue weighted by Gasteiger charge is 2.31. The van der Waals surface area contributed by atoms with Gasteiger partial charge in [0.2, 0.25) is 0 Å². The Bertz CT molecular complexity index is 882. The van der Waals surface area contributed by atoms with Crippen molar-refractivity contribution < 1.29 is 9.59 Å². The van der Waals surface area contributed by atoms with Crippen LogP contribution in [0.15, 0.2) is 54.9 Å². The third-order valence-corrected chi connectivity index (χ3v) is 3.60. The van der Waals surface area contributed by atoms with E-state index in [4.69, 9.17) is 0 Å². The van der Waals surface area contributed by atoms with Crippen molar-refractivity contribution in [2.24, 2.45) is 0 Å². The van der Waals surface area contributed by atoms with Gasteiger partial charge in [0, 0.05) is 16.7 Å². The van der Waals surface area contributed by atoms with E-state index in [1.54, 1.807) is 48.7 Å². The molecule has 0 spiro atoms. The molecule has 0 radical (unpaired) electrons. The minimum atomic E-state index is -0.161. The summed E-state index contributed by atoms with van der Waals surface area (Å²) in [7, 11) is 0. The standard InChI is InChI=1S/C16H9N3O2/c20-15-10-4-1-2-5-11(10)16(21)14-12(15)6-3-7-13(14)19-9-8-17-18-19/h1-9H. The summed E-state index contributed by atoms with van der Waals surface area (Å²) in [5, 5.41) is 7.67. The van der Waals surface area contributed by atoms with Crippen molar-refractivity contribution >= 4 is 11.6 Å². The van der Waals surface area contributed by atoms with Crippen molar-refractivity contribution in [2.45, 2.75) is 0 Å². The number of rotatable bonds is 1. The van der Waals surface area contributed by atoms with E-state index in [1.165, 1.54) is 10.9 Å². The Kier molecular flexibility index (Phi) is 2.35. The van der Waals surface area contributed by atoms with Gasteiger partial charge in [0.1, 0.15) is 0 Å². The van der Waals surface area contributed by atoms with E-state index >= 15 is 0 Å². The van der Waals surface area contributed by atoms with Crippen LogP contribution in [0.1, 0.15) is 31.8 Å². The first kappa shape index (κ1) is 11.7. The zero-order valence-corrected chi connectivity index (χ0v) is 10.9. The van der Waals surface area contributed by atoms with Crippen LogP contribution < -0.4 is 0 Å². The predicted octanol–water partition coefficient (Wildman–Crippen LogP) is 2.04. The van der Waals surface area contributed by atoms with Gasteiger partial charge in [0.15, 0.2) is 11.6 Å². The van der Waals surface area contributed by atoms with Crippen molar-refractivity contribution in [1.29, 1.82) is 0 Å². The number of benzene rings is 2. The predicted molar refractivity (Wildman–Crippen MR) is 74.7 cm³/mol. The van der Waals surface area contributed by atoms with Gasteiger partial charge in [-0.25, -0.2) is 4.68 Å². The molecule has 2 aromatic carbocycles. The lowest BCUT2D eigenvalue weighted by Gasteiger charge is -2.19. The van der Waals surface area contributed by atoms with Gasteiger partial charge >= 0.3 is 0 Å². The monoisotopic (exact) mass is 275 g/mol. The minimum absolute atomic E-state index is 0.137. The molecule has 5 nitrogen and oxygen atoms in total. The van der Waals surface area contributed by atoms with Gasteiger partial charge in [0.05, 0.1) is 23.6 Å². The Balaban J connectivity index is 2.04. The van der Waals surface area contributed by atoms with Gasteiger partial charge < -0.3 is 0 Å². The second-order valence-corrected chi connectivity index (χ2v) is 4.75. The first-order chi connectivity index (χ1) is 10.3. The Morgan fingerprint density at radius 1 is 0.810 bits per heavy atom. The highest BCUT2D eigenvalue weighted by atomic mass is 16.1. The maximum absolute atomic E-state index is 12.8. The molecule has 1 aromatic heterocycles. The molecule has 1 aliphatic rings. The molecule has 0 atom stereocenters. The zero-order valence-electron chi connectivity index (χ0n) is 10.9. The minimum Gasteiger partial charge on any atom is -0.289 e. The number of carbonyl (C=O) groups is 2. The molecule has 0 saturated heterocycles. The number of aromatic nitrogens is 3. The molecular weight excluding hydrogens is 266 g/mol. The normalized spacial score (nSPS) is 13.0. The summed E-state index contributed by atoms with van der Waals surface area (Å²) in [5.74, 6) is -0.298. The summed E-state index contributed by atoms with van der Waals surface area (Å²) in [6, 6.07) is 12.0. The fourth-order valence-corrected chi connectivity index (χ4v) is 2.65. The maximum Gasteiger partial charge on any atom is 0.196 e. The van der Waals surface area contributed by atoms with Crippen molar-refractivity contribution in [1.82, 2.24) is 15.0 Å². The lowest BCUT2D eigenvalue weighted by atomic mass is 9.83. The molecule has 1 heterocycles. The third kappa shape index (κ3) is 1.57. The second kappa shape index (κ2) is 4.21. The summed E-state index contributed by atoms with van der Waals surface area (Å²) in [6.45, 7) is 0. The van der Waals surface area contributed by atoms with Gasteiger partial charge in [0.25, 0.3) is 0 Å². The lowest BCUT2D eigenvalue weighted by Crippen LogP contribution is -2.23. The van der Waals surface area contributed by atoms with Crippen molar-refractivity contribution in [3.8, 4) is 5.69 Å². The van der Waals surface area contributed by atoms with Crippen LogP contribution in [-0.2, 0) is 0 Å². The number of fused-ring (bicyclic) bond motifs is 2. The van der Waals surface area contributed by atoms with E-state index in [9.17, 15) is 9.59 Å². The third-order valence-electron chi connectivity index (χ3n) is 3.60. The van der Waals surface area contributed by atoms with Crippen LogP contribution >= 0.6 is 0 Å². The molecule has 0 N–H and O–H groups in total. The maximum atomic E-state index is 12.8. The van der Waals surface area contributed by atoms with E-state index in [1.807, 2.05) is 0 Å². The van der Waals surface area contributed by atoms with Crippen LogP contribution in [0.3, 0.4) is 0 Å². The van der Waals surface area contributed by atoms with Crippen molar-refractivity contribution in [3.05, 3.63) is 77.1 Å². The quantitative estimate of drug-likeness (QED) is 0.533.